The molecule has 4 rings (SSSR count). The normalized spacial score (nSPS) is 10.7. The first kappa shape index (κ1) is 21.1. The third-order valence-corrected chi connectivity index (χ3v) is 5.38. The van der Waals surface area contributed by atoms with Crippen LogP contribution in [0, 0.1) is 6.92 Å². The number of nitrogens with zero attached hydrogens (tertiary/aromatic N) is 2. The van der Waals surface area contributed by atoms with E-state index in [4.69, 9.17) is 20.8 Å². The number of anilines is 2. The lowest BCUT2D eigenvalue weighted by Crippen LogP contribution is -2.03. The Hall–Kier alpha value is -3.16. The summed E-state index contributed by atoms with van der Waals surface area (Å²) in [4.78, 5) is 12.7. The Balaban J connectivity index is 1.41. The third kappa shape index (κ3) is 5.13. The molecule has 0 unspecified atom stereocenters. The number of aryl methyl sites for hydroxylation is 1. The molecule has 8 heteroatoms. The van der Waals surface area contributed by atoms with E-state index in [2.05, 4.69) is 31.4 Å². The molecule has 0 amide bonds. The van der Waals surface area contributed by atoms with Crippen LogP contribution in [0.5, 0.6) is 5.75 Å². The SMILES string of the molecule is Cc1cc(C(=O)c2cccc(Cl)c2)ccc1OCc1nnc(Nc2ccccc2Br)o1. The van der Waals surface area contributed by atoms with Gasteiger partial charge in [0.25, 0.3) is 5.89 Å². The molecule has 0 aliphatic carbocycles. The standard InChI is InChI=1S/C23H17BrClN3O3/c1-14-11-16(22(29)15-5-4-6-17(25)12-15)9-10-20(14)30-13-21-27-28-23(31-21)26-19-8-3-2-7-18(19)24/h2-12H,13H2,1H3,(H,26,28). The molecule has 0 saturated carbocycles. The molecule has 6 nitrogen and oxygen atoms in total. The van der Waals surface area contributed by atoms with Crippen LogP contribution >= 0.6 is 27.5 Å². The Morgan fingerprint density at radius 3 is 2.65 bits per heavy atom. The van der Waals surface area contributed by atoms with Crippen molar-refractivity contribution in [1.82, 2.24) is 10.2 Å². The second-order valence-electron chi connectivity index (χ2n) is 6.71. The first-order valence-electron chi connectivity index (χ1n) is 9.37. The van der Waals surface area contributed by atoms with Gasteiger partial charge >= 0.3 is 6.01 Å². The molecular weight excluding hydrogens is 482 g/mol. The predicted molar refractivity (Wildman–Crippen MR) is 122 cm³/mol. The Bertz CT molecular complexity index is 1240. The number of hydrogen-bond donors (Lipinski definition) is 1. The van der Waals surface area contributed by atoms with E-state index < -0.39 is 0 Å². The van der Waals surface area contributed by atoms with E-state index >= 15 is 0 Å². The average molecular weight is 499 g/mol. The van der Waals surface area contributed by atoms with E-state index in [0.29, 0.717) is 27.8 Å². The zero-order valence-corrected chi connectivity index (χ0v) is 18.8. The summed E-state index contributed by atoms with van der Waals surface area (Å²) in [5.41, 5.74) is 2.73. The highest BCUT2D eigenvalue weighted by atomic mass is 79.9. The minimum atomic E-state index is -0.100. The number of para-hydroxylation sites is 1. The summed E-state index contributed by atoms with van der Waals surface area (Å²) < 4.78 is 12.3. The zero-order valence-electron chi connectivity index (χ0n) is 16.4. The van der Waals surface area contributed by atoms with E-state index in [1.54, 1.807) is 42.5 Å². The second-order valence-corrected chi connectivity index (χ2v) is 8.00. The number of carbonyl (C=O) groups is 1. The molecule has 31 heavy (non-hydrogen) atoms. The van der Waals surface area contributed by atoms with Crippen molar-refractivity contribution in [3.8, 4) is 5.75 Å². The van der Waals surface area contributed by atoms with Crippen LogP contribution in [0.15, 0.2) is 75.6 Å². The Morgan fingerprint density at radius 1 is 1.06 bits per heavy atom. The quantitative estimate of drug-likeness (QED) is 0.299. The fourth-order valence-corrected chi connectivity index (χ4v) is 3.50. The molecule has 0 fully saturated rings. The van der Waals surface area contributed by atoms with Gasteiger partial charge in [0.1, 0.15) is 5.75 Å². The maximum Gasteiger partial charge on any atom is 0.320 e. The van der Waals surface area contributed by atoms with Crippen molar-refractivity contribution in [2.24, 2.45) is 0 Å². The predicted octanol–water partition coefficient (Wildman–Crippen LogP) is 6.35. The van der Waals surface area contributed by atoms with Crippen molar-refractivity contribution < 1.29 is 13.9 Å². The first-order valence-corrected chi connectivity index (χ1v) is 10.5. The van der Waals surface area contributed by atoms with Crippen molar-refractivity contribution in [3.05, 3.63) is 98.8 Å². The number of benzene rings is 3. The number of rotatable bonds is 7. The number of ether oxygens (including phenoxy) is 1. The molecule has 4 aromatic rings. The molecule has 156 valence electrons. The van der Waals surface area contributed by atoms with Gasteiger partial charge in [-0.05, 0) is 70.9 Å². The monoisotopic (exact) mass is 497 g/mol. The number of halogens is 2. The molecule has 1 N–H and O–H groups in total. The molecule has 0 aliphatic rings. The zero-order chi connectivity index (χ0) is 21.8. The fourth-order valence-electron chi connectivity index (χ4n) is 2.93. The lowest BCUT2D eigenvalue weighted by Gasteiger charge is -2.09. The van der Waals surface area contributed by atoms with Crippen molar-refractivity contribution in [3.63, 3.8) is 0 Å². The van der Waals surface area contributed by atoms with Gasteiger partial charge in [0, 0.05) is 20.6 Å². The van der Waals surface area contributed by atoms with Crippen LogP contribution in [0.2, 0.25) is 5.02 Å². The summed E-state index contributed by atoms with van der Waals surface area (Å²) in [6.07, 6.45) is 0. The van der Waals surface area contributed by atoms with E-state index in [1.165, 1.54) is 0 Å². The van der Waals surface area contributed by atoms with Gasteiger partial charge in [-0.25, -0.2) is 0 Å². The van der Waals surface area contributed by atoms with Crippen LogP contribution in [0.3, 0.4) is 0 Å². The van der Waals surface area contributed by atoms with Gasteiger partial charge in [0.2, 0.25) is 0 Å². The Morgan fingerprint density at radius 2 is 1.87 bits per heavy atom. The highest BCUT2D eigenvalue weighted by Crippen LogP contribution is 2.26. The van der Waals surface area contributed by atoms with Crippen LogP contribution in [0.1, 0.15) is 27.4 Å². The molecule has 0 spiro atoms. The summed E-state index contributed by atoms with van der Waals surface area (Å²) in [7, 11) is 0. The second kappa shape index (κ2) is 9.32. The minimum Gasteiger partial charge on any atom is -0.484 e. The van der Waals surface area contributed by atoms with Gasteiger partial charge in [-0.3, -0.25) is 4.79 Å². The van der Waals surface area contributed by atoms with Crippen molar-refractivity contribution >= 4 is 45.0 Å². The summed E-state index contributed by atoms with van der Waals surface area (Å²) in [6.45, 7) is 1.98. The maximum atomic E-state index is 12.7. The van der Waals surface area contributed by atoms with Crippen molar-refractivity contribution in [2.75, 3.05) is 5.32 Å². The molecule has 1 heterocycles. The number of aromatic nitrogens is 2. The van der Waals surface area contributed by atoms with Gasteiger partial charge < -0.3 is 14.5 Å². The molecule has 0 saturated heterocycles. The van der Waals surface area contributed by atoms with Crippen LogP contribution in [0.25, 0.3) is 0 Å². The topological polar surface area (TPSA) is 77.2 Å². The fraction of sp³-hybridized carbons (Fsp3) is 0.0870. The lowest BCUT2D eigenvalue weighted by molar-refractivity contribution is 0.103. The smallest absolute Gasteiger partial charge is 0.320 e. The molecule has 0 bridgehead atoms. The lowest BCUT2D eigenvalue weighted by atomic mass is 10.0. The molecule has 0 radical (unpaired) electrons. The van der Waals surface area contributed by atoms with Gasteiger partial charge in [0.15, 0.2) is 12.4 Å². The molecular formula is C23H17BrClN3O3. The van der Waals surface area contributed by atoms with Crippen LogP contribution < -0.4 is 10.1 Å². The molecule has 0 aliphatic heterocycles. The number of carbonyl (C=O) groups excluding carboxylic acids is 1. The third-order valence-electron chi connectivity index (χ3n) is 4.46. The Labute approximate surface area is 192 Å². The van der Waals surface area contributed by atoms with Crippen molar-refractivity contribution in [1.29, 1.82) is 0 Å². The van der Waals surface area contributed by atoms with E-state index in [0.717, 1.165) is 15.7 Å². The van der Waals surface area contributed by atoms with Gasteiger partial charge in [-0.15, -0.1) is 5.10 Å². The highest BCUT2D eigenvalue weighted by Gasteiger charge is 2.13. The number of hydrogen-bond acceptors (Lipinski definition) is 6. The summed E-state index contributed by atoms with van der Waals surface area (Å²) in [5.74, 6) is 0.853. The van der Waals surface area contributed by atoms with Gasteiger partial charge in [0.05, 0.1) is 5.69 Å². The Kier molecular flexibility index (Phi) is 6.34. The van der Waals surface area contributed by atoms with Crippen LogP contribution in [-0.4, -0.2) is 16.0 Å². The van der Waals surface area contributed by atoms with Gasteiger partial charge in [-0.1, -0.05) is 41.0 Å². The number of ketones is 1. The highest BCUT2D eigenvalue weighted by molar-refractivity contribution is 9.10. The summed E-state index contributed by atoms with van der Waals surface area (Å²) in [6, 6.07) is 20.0. The summed E-state index contributed by atoms with van der Waals surface area (Å²) >= 11 is 9.44. The molecule has 3 aromatic carbocycles. The summed E-state index contributed by atoms with van der Waals surface area (Å²) in [5, 5.41) is 11.6. The van der Waals surface area contributed by atoms with Gasteiger partial charge in [-0.2, -0.15) is 0 Å². The van der Waals surface area contributed by atoms with Crippen molar-refractivity contribution in [2.45, 2.75) is 13.5 Å². The van der Waals surface area contributed by atoms with Crippen LogP contribution in [-0.2, 0) is 6.61 Å². The minimum absolute atomic E-state index is 0.100. The van der Waals surface area contributed by atoms with E-state index in [1.807, 2.05) is 31.2 Å². The van der Waals surface area contributed by atoms with E-state index in [9.17, 15) is 4.79 Å². The first-order chi connectivity index (χ1) is 15.0. The molecule has 1 aromatic heterocycles. The van der Waals surface area contributed by atoms with E-state index in [-0.39, 0.29) is 18.4 Å². The average Bonchev–Trinajstić information content (AvgIpc) is 3.21. The largest absolute Gasteiger partial charge is 0.484 e. The maximum absolute atomic E-state index is 12.7. The number of nitrogens with one attached hydrogen (secondary N) is 1. The van der Waals surface area contributed by atoms with Crippen LogP contribution in [0.4, 0.5) is 11.7 Å². The molecule has 0 atom stereocenters.